The van der Waals surface area contributed by atoms with Gasteiger partial charge in [0.15, 0.2) is 4.80 Å². The average molecular weight is 398 g/mol. The molecular weight excluding hydrogens is 374 g/mol. The van der Waals surface area contributed by atoms with Crippen LogP contribution in [0, 0.1) is 0 Å². The van der Waals surface area contributed by atoms with Gasteiger partial charge in [-0.3, -0.25) is 4.79 Å². The molecule has 1 heterocycles. The molecule has 1 aromatic carbocycles. The molecule has 0 atom stereocenters. The minimum atomic E-state index is -0.497. The fourth-order valence-corrected chi connectivity index (χ4v) is 3.75. The maximum atomic E-state index is 12.0. The molecule has 0 aliphatic heterocycles. The molecule has 0 unspecified atom stereocenters. The van der Waals surface area contributed by atoms with Crippen molar-refractivity contribution in [3.8, 4) is 0 Å². The van der Waals surface area contributed by atoms with Crippen molar-refractivity contribution in [1.29, 1.82) is 0 Å². The number of carbonyl (C=O) groups excluding carboxylic acids is 2. The molecular formula is C18H24ClN3O3S. The van der Waals surface area contributed by atoms with E-state index < -0.39 is 5.60 Å². The summed E-state index contributed by atoms with van der Waals surface area (Å²) in [4.78, 5) is 28.9. The summed E-state index contributed by atoms with van der Waals surface area (Å²) in [6.07, 6.45) is 1.89. The van der Waals surface area contributed by atoms with Crippen LogP contribution in [0.25, 0.3) is 10.2 Å². The van der Waals surface area contributed by atoms with Gasteiger partial charge in [-0.15, -0.1) is 0 Å². The smallest absolute Gasteiger partial charge is 0.410 e. The molecule has 2 amide bonds. The molecule has 8 heteroatoms. The predicted octanol–water partition coefficient (Wildman–Crippen LogP) is 4.06. The Kier molecular flexibility index (Phi) is 6.83. The van der Waals surface area contributed by atoms with Crippen LogP contribution in [0.4, 0.5) is 4.79 Å². The van der Waals surface area contributed by atoms with Crippen molar-refractivity contribution in [3.05, 3.63) is 28.0 Å². The van der Waals surface area contributed by atoms with Crippen LogP contribution in [0.5, 0.6) is 0 Å². The van der Waals surface area contributed by atoms with Gasteiger partial charge < -0.3 is 14.2 Å². The third-order valence-electron chi connectivity index (χ3n) is 3.64. The number of aryl methyl sites for hydroxylation is 1. The van der Waals surface area contributed by atoms with Crippen molar-refractivity contribution < 1.29 is 14.3 Å². The van der Waals surface area contributed by atoms with E-state index in [-0.39, 0.29) is 6.09 Å². The van der Waals surface area contributed by atoms with E-state index in [1.165, 1.54) is 11.3 Å². The number of aromatic nitrogens is 1. The number of thiazole rings is 1. The minimum Gasteiger partial charge on any atom is -0.444 e. The zero-order valence-electron chi connectivity index (χ0n) is 15.5. The molecule has 0 aliphatic rings. The summed E-state index contributed by atoms with van der Waals surface area (Å²) in [6.45, 7) is 6.85. The number of rotatable bonds is 6. The molecule has 2 rings (SSSR count). The molecule has 0 aliphatic carbocycles. The van der Waals surface area contributed by atoms with Gasteiger partial charge in [-0.1, -0.05) is 22.9 Å². The average Bonchev–Trinajstić information content (AvgIpc) is 2.86. The molecule has 6 nitrogen and oxygen atoms in total. The molecule has 26 heavy (non-hydrogen) atoms. The third-order valence-corrected chi connectivity index (χ3v) is 4.93. The van der Waals surface area contributed by atoms with Crippen molar-refractivity contribution >= 4 is 45.7 Å². The Balaban J connectivity index is 1.99. The summed E-state index contributed by atoms with van der Waals surface area (Å²) in [5.41, 5.74) is 0.504. The van der Waals surface area contributed by atoms with Crippen LogP contribution >= 0.6 is 22.9 Å². The molecule has 0 bridgehead atoms. The second kappa shape index (κ2) is 8.68. The summed E-state index contributed by atoms with van der Waals surface area (Å²) in [7, 11) is 1.73. The van der Waals surface area contributed by atoms with Crippen molar-refractivity contribution in [1.82, 2.24) is 9.47 Å². The van der Waals surface area contributed by atoms with E-state index in [0.717, 1.165) is 23.1 Å². The summed E-state index contributed by atoms with van der Waals surface area (Å²) < 4.78 is 8.34. The van der Waals surface area contributed by atoms with Gasteiger partial charge in [0, 0.05) is 25.2 Å². The van der Waals surface area contributed by atoms with Crippen LogP contribution < -0.4 is 4.80 Å². The SMILES string of the molecule is CN(CCCCn1/c(=N\C=O)sc2cc(Cl)ccc21)C(=O)OC(C)(C)C. The first kappa shape index (κ1) is 20.5. The molecule has 2 aromatic rings. The van der Waals surface area contributed by atoms with Crippen LogP contribution in [0.2, 0.25) is 5.02 Å². The second-order valence-electron chi connectivity index (χ2n) is 6.99. The number of carbonyl (C=O) groups is 2. The Labute approximate surface area is 162 Å². The second-order valence-corrected chi connectivity index (χ2v) is 8.44. The Bertz CT molecular complexity index is 851. The highest BCUT2D eigenvalue weighted by atomic mass is 35.5. The van der Waals surface area contributed by atoms with Crippen molar-refractivity contribution in [2.75, 3.05) is 13.6 Å². The Morgan fingerprint density at radius 2 is 2.12 bits per heavy atom. The number of fused-ring (bicyclic) bond motifs is 1. The van der Waals surface area contributed by atoms with Gasteiger partial charge in [-0.05, 0) is 51.8 Å². The lowest BCUT2D eigenvalue weighted by Gasteiger charge is -2.24. The molecule has 0 fully saturated rings. The van der Waals surface area contributed by atoms with Crippen molar-refractivity contribution in [2.45, 2.75) is 45.8 Å². The van der Waals surface area contributed by atoms with Gasteiger partial charge in [0.1, 0.15) is 5.60 Å². The summed E-state index contributed by atoms with van der Waals surface area (Å²) in [6, 6.07) is 5.64. The zero-order chi connectivity index (χ0) is 19.3. The minimum absolute atomic E-state index is 0.322. The highest BCUT2D eigenvalue weighted by molar-refractivity contribution is 7.16. The number of halogens is 1. The topological polar surface area (TPSA) is 63.9 Å². The molecule has 142 valence electrons. The number of amides is 2. The standard InChI is InChI=1S/C18H24ClN3O3S/c1-18(2,3)25-17(24)21(4)9-5-6-10-22-14-8-7-13(19)11-15(14)26-16(22)20-12-23/h7-8,11-12H,5-6,9-10H2,1-4H3/b20-16+. The number of unbranched alkanes of at least 4 members (excludes halogenated alkanes) is 1. The lowest BCUT2D eigenvalue weighted by atomic mass is 10.2. The van der Waals surface area contributed by atoms with E-state index in [4.69, 9.17) is 16.3 Å². The maximum absolute atomic E-state index is 12.0. The monoisotopic (exact) mass is 397 g/mol. The van der Waals surface area contributed by atoms with Gasteiger partial charge in [-0.25, -0.2) is 4.79 Å². The van der Waals surface area contributed by atoms with Crippen molar-refractivity contribution in [3.63, 3.8) is 0 Å². The van der Waals surface area contributed by atoms with Crippen LogP contribution in [0.15, 0.2) is 23.2 Å². The fraction of sp³-hybridized carbons (Fsp3) is 0.500. The lowest BCUT2D eigenvalue weighted by Crippen LogP contribution is -2.34. The Hall–Kier alpha value is -1.86. The van der Waals surface area contributed by atoms with Gasteiger partial charge in [-0.2, -0.15) is 4.99 Å². The normalized spacial score (nSPS) is 12.4. The lowest BCUT2D eigenvalue weighted by molar-refractivity contribution is -0.107. The molecule has 0 saturated heterocycles. The summed E-state index contributed by atoms with van der Waals surface area (Å²) in [5.74, 6) is 0. The molecule has 0 N–H and O–H groups in total. The Morgan fingerprint density at radius 3 is 2.77 bits per heavy atom. The van der Waals surface area contributed by atoms with Gasteiger partial charge >= 0.3 is 6.09 Å². The molecule has 0 spiro atoms. The first-order valence-electron chi connectivity index (χ1n) is 8.42. The van der Waals surface area contributed by atoms with Gasteiger partial charge in [0.05, 0.1) is 10.2 Å². The van der Waals surface area contributed by atoms with Crippen LogP contribution in [-0.4, -0.2) is 41.2 Å². The third kappa shape index (κ3) is 5.57. The van der Waals surface area contributed by atoms with Gasteiger partial charge in [0.2, 0.25) is 6.41 Å². The predicted molar refractivity (Wildman–Crippen MR) is 105 cm³/mol. The number of hydrogen-bond donors (Lipinski definition) is 0. The zero-order valence-corrected chi connectivity index (χ0v) is 17.1. The number of nitrogens with zero attached hydrogens (tertiary/aromatic N) is 3. The maximum Gasteiger partial charge on any atom is 0.410 e. The van der Waals surface area contributed by atoms with E-state index in [0.29, 0.717) is 29.3 Å². The first-order chi connectivity index (χ1) is 12.2. The van der Waals surface area contributed by atoms with E-state index in [2.05, 4.69) is 4.99 Å². The first-order valence-corrected chi connectivity index (χ1v) is 9.61. The fourth-order valence-electron chi connectivity index (χ4n) is 2.46. The molecule has 0 radical (unpaired) electrons. The van der Waals surface area contributed by atoms with E-state index in [1.807, 2.05) is 43.5 Å². The molecule has 1 aromatic heterocycles. The number of hydrogen-bond acceptors (Lipinski definition) is 4. The van der Waals surface area contributed by atoms with E-state index >= 15 is 0 Å². The van der Waals surface area contributed by atoms with Crippen LogP contribution in [-0.2, 0) is 16.1 Å². The number of benzene rings is 1. The Morgan fingerprint density at radius 1 is 1.38 bits per heavy atom. The molecule has 0 saturated carbocycles. The van der Waals surface area contributed by atoms with Crippen molar-refractivity contribution in [2.24, 2.45) is 4.99 Å². The summed E-state index contributed by atoms with van der Waals surface area (Å²) >= 11 is 7.48. The number of ether oxygens (including phenoxy) is 1. The largest absolute Gasteiger partial charge is 0.444 e. The van der Waals surface area contributed by atoms with Crippen LogP contribution in [0.1, 0.15) is 33.6 Å². The van der Waals surface area contributed by atoms with Gasteiger partial charge in [0.25, 0.3) is 0 Å². The van der Waals surface area contributed by atoms with Crippen LogP contribution in [0.3, 0.4) is 0 Å². The highest BCUT2D eigenvalue weighted by Gasteiger charge is 2.19. The summed E-state index contributed by atoms with van der Waals surface area (Å²) in [5, 5.41) is 0.655. The highest BCUT2D eigenvalue weighted by Crippen LogP contribution is 2.22. The quantitative estimate of drug-likeness (QED) is 0.545. The van der Waals surface area contributed by atoms with E-state index in [1.54, 1.807) is 11.9 Å². The van der Waals surface area contributed by atoms with E-state index in [9.17, 15) is 9.59 Å².